The minimum atomic E-state index is -0.0961. The zero-order valence-corrected chi connectivity index (χ0v) is 14.9. The van der Waals surface area contributed by atoms with E-state index < -0.39 is 0 Å². The minimum absolute atomic E-state index is 0.0640. The largest absolute Gasteiger partial charge is 0.497 e. The van der Waals surface area contributed by atoms with Gasteiger partial charge in [-0.2, -0.15) is 0 Å². The standard InChI is InChI=1S/C18H21N3O3S/c1-24-13-8-6-12(7-9-13)10-19-16(22)11-25-18-20-15-5-3-2-4-14(15)17(23)21-18/h6-9H,2-5,10-11H2,1H3,(H,19,22)(H,20,21,23). The van der Waals surface area contributed by atoms with Gasteiger partial charge in [-0.05, 0) is 43.4 Å². The third-order valence-electron chi connectivity index (χ3n) is 4.16. The number of nitrogens with one attached hydrogen (secondary N) is 2. The molecule has 0 atom stereocenters. The molecule has 1 amide bonds. The maximum Gasteiger partial charge on any atom is 0.254 e. The highest BCUT2D eigenvalue weighted by Crippen LogP contribution is 2.19. The molecular weight excluding hydrogens is 338 g/mol. The smallest absolute Gasteiger partial charge is 0.254 e. The van der Waals surface area contributed by atoms with E-state index in [1.54, 1.807) is 7.11 Å². The van der Waals surface area contributed by atoms with Crippen LogP contribution >= 0.6 is 11.8 Å². The molecule has 0 saturated carbocycles. The van der Waals surface area contributed by atoms with E-state index in [1.807, 2.05) is 24.3 Å². The first-order valence-electron chi connectivity index (χ1n) is 8.30. The number of nitrogens with zero attached hydrogens (tertiary/aromatic N) is 1. The van der Waals surface area contributed by atoms with Crippen molar-refractivity contribution >= 4 is 17.7 Å². The number of aromatic amines is 1. The van der Waals surface area contributed by atoms with Crippen LogP contribution in [0.3, 0.4) is 0 Å². The highest BCUT2D eigenvalue weighted by molar-refractivity contribution is 7.99. The number of hydrogen-bond donors (Lipinski definition) is 2. The van der Waals surface area contributed by atoms with E-state index in [4.69, 9.17) is 4.74 Å². The molecule has 0 saturated heterocycles. The Labute approximate surface area is 150 Å². The Hall–Kier alpha value is -2.28. The van der Waals surface area contributed by atoms with Crippen LogP contribution in [0, 0.1) is 0 Å². The van der Waals surface area contributed by atoms with Crippen LogP contribution in [-0.2, 0) is 24.2 Å². The molecule has 0 aliphatic heterocycles. The molecule has 0 fully saturated rings. The van der Waals surface area contributed by atoms with Crippen LogP contribution in [0.15, 0.2) is 34.2 Å². The van der Waals surface area contributed by atoms with Crippen LogP contribution in [-0.4, -0.2) is 28.7 Å². The maximum absolute atomic E-state index is 12.1. The van der Waals surface area contributed by atoms with E-state index in [9.17, 15) is 9.59 Å². The van der Waals surface area contributed by atoms with E-state index in [1.165, 1.54) is 11.8 Å². The number of thioether (sulfide) groups is 1. The summed E-state index contributed by atoms with van der Waals surface area (Å²) < 4.78 is 5.10. The highest BCUT2D eigenvalue weighted by atomic mass is 32.2. The van der Waals surface area contributed by atoms with Crippen molar-refractivity contribution in [3.05, 3.63) is 51.4 Å². The molecule has 0 spiro atoms. The van der Waals surface area contributed by atoms with E-state index in [0.717, 1.165) is 48.3 Å². The average Bonchev–Trinajstić information content (AvgIpc) is 2.65. The van der Waals surface area contributed by atoms with Crippen LogP contribution in [0.4, 0.5) is 0 Å². The Kier molecular flexibility index (Phi) is 5.75. The molecule has 1 aromatic heterocycles. The van der Waals surface area contributed by atoms with Crippen LogP contribution in [0.25, 0.3) is 0 Å². The lowest BCUT2D eigenvalue weighted by Gasteiger charge is -2.14. The van der Waals surface area contributed by atoms with Gasteiger partial charge in [0.1, 0.15) is 5.75 Å². The van der Waals surface area contributed by atoms with Crippen LogP contribution in [0.1, 0.15) is 29.7 Å². The summed E-state index contributed by atoms with van der Waals surface area (Å²) in [4.78, 5) is 31.4. The van der Waals surface area contributed by atoms with Crippen molar-refractivity contribution < 1.29 is 9.53 Å². The number of methoxy groups -OCH3 is 1. The van der Waals surface area contributed by atoms with Gasteiger partial charge >= 0.3 is 0 Å². The van der Waals surface area contributed by atoms with Crippen molar-refractivity contribution in [2.45, 2.75) is 37.4 Å². The fourth-order valence-electron chi connectivity index (χ4n) is 2.78. The Morgan fingerprint density at radius 3 is 2.80 bits per heavy atom. The molecule has 3 rings (SSSR count). The van der Waals surface area contributed by atoms with Crippen molar-refractivity contribution in [1.29, 1.82) is 0 Å². The number of rotatable bonds is 6. The quantitative estimate of drug-likeness (QED) is 0.609. The fourth-order valence-corrected chi connectivity index (χ4v) is 3.49. The summed E-state index contributed by atoms with van der Waals surface area (Å²) in [6.07, 6.45) is 3.75. The summed E-state index contributed by atoms with van der Waals surface area (Å²) in [6.45, 7) is 0.456. The number of carbonyl (C=O) groups is 1. The second kappa shape index (κ2) is 8.20. The van der Waals surface area contributed by atoms with Gasteiger partial charge in [0.25, 0.3) is 5.56 Å². The van der Waals surface area contributed by atoms with Crippen molar-refractivity contribution in [1.82, 2.24) is 15.3 Å². The normalized spacial score (nSPS) is 13.2. The van der Waals surface area contributed by atoms with Crippen LogP contribution < -0.4 is 15.6 Å². The molecule has 1 aliphatic carbocycles. The van der Waals surface area contributed by atoms with Gasteiger partial charge in [-0.25, -0.2) is 4.98 Å². The second-order valence-electron chi connectivity index (χ2n) is 5.92. The molecule has 1 aliphatic rings. The molecule has 0 radical (unpaired) electrons. The molecule has 1 aromatic carbocycles. The predicted octanol–water partition coefficient (Wildman–Crippen LogP) is 2.07. The number of carbonyl (C=O) groups excluding carboxylic acids is 1. The molecule has 2 aromatic rings. The number of H-pyrrole nitrogens is 1. The molecule has 6 nitrogen and oxygen atoms in total. The zero-order valence-electron chi connectivity index (χ0n) is 14.1. The number of aryl methyl sites for hydroxylation is 1. The Bertz CT molecular complexity index is 802. The fraction of sp³-hybridized carbons (Fsp3) is 0.389. The third kappa shape index (κ3) is 4.63. The lowest BCUT2D eigenvalue weighted by atomic mass is 9.97. The van der Waals surface area contributed by atoms with Crippen LogP contribution in [0.5, 0.6) is 5.75 Å². The van der Waals surface area contributed by atoms with Gasteiger partial charge in [-0.15, -0.1) is 0 Å². The van der Waals surface area contributed by atoms with Gasteiger partial charge in [0.2, 0.25) is 5.91 Å². The first kappa shape index (κ1) is 17.5. The number of benzene rings is 1. The van der Waals surface area contributed by atoms with Crippen molar-refractivity contribution in [2.75, 3.05) is 12.9 Å². The van der Waals surface area contributed by atoms with Gasteiger partial charge in [-0.3, -0.25) is 9.59 Å². The van der Waals surface area contributed by atoms with Gasteiger partial charge in [-0.1, -0.05) is 23.9 Å². The van der Waals surface area contributed by atoms with Gasteiger partial charge in [0.15, 0.2) is 5.16 Å². The number of amides is 1. The maximum atomic E-state index is 12.1. The third-order valence-corrected chi connectivity index (χ3v) is 5.03. The van der Waals surface area contributed by atoms with E-state index in [-0.39, 0.29) is 17.2 Å². The first-order valence-corrected chi connectivity index (χ1v) is 9.29. The van der Waals surface area contributed by atoms with E-state index in [0.29, 0.717) is 11.7 Å². The minimum Gasteiger partial charge on any atom is -0.497 e. The number of hydrogen-bond acceptors (Lipinski definition) is 5. The number of ether oxygens (including phenoxy) is 1. The van der Waals surface area contributed by atoms with Gasteiger partial charge < -0.3 is 15.0 Å². The molecule has 7 heteroatoms. The molecule has 132 valence electrons. The van der Waals surface area contributed by atoms with Crippen molar-refractivity contribution in [2.24, 2.45) is 0 Å². The number of fused-ring (bicyclic) bond motifs is 1. The number of aromatic nitrogens is 2. The zero-order chi connectivity index (χ0) is 17.6. The molecule has 1 heterocycles. The SMILES string of the molecule is COc1ccc(CNC(=O)CSc2nc3c(c(=O)[nH]2)CCCC3)cc1. The predicted molar refractivity (Wildman–Crippen MR) is 97.1 cm³/mol. The lowest BCUT2D eigenvalue weighted by Crippen LogP contribution is -2.25. The topological polar surface area (TPSA) is 84.1 Å². The van der Waals surface area contributed by atoms with Crippen molar-refractivity contribution in [3.8, 4) is 5.75 Å². The Morgan fingerprint density at radius 2 is 2.04 bits per heavy atom. The monoisotopic (exact) mass is 359 g/mol. The van der Waals surface area contributed by atoms with Gasteiger partial charge in [0, 0.05) is 12.1 Å². The molecule has 25 heavy (non-hydrogen) atoms. The Balaban J connectivity index is 1.52. The average molecular weight is 359 g/mol. The van der Waals surface area contributed by atoms with E-state index in [2.05, 4.69) is 15.3 Å². The Morgan fingerprint density at radius 1 is 1.28 bits per heavy atom. The summed E-state index contributed by atoms with van der Waals surface area (Å²) in [6, 6.07) is 7.54. The summed E-state index contributed by atoms with van der Waals surface area (Å²) in [5.74, 6) is 0.909. The summed E-state index contributed by atoms with van der Waals surface area (Å²) in [5.41, 5.74) is 2.63. The van der Waals surface area contributed by atoms with Crippen molar-refractivity contribution in [3.63, 3.8) is 0 Å². The summed E-state index contributed by atoms with van der Waals surface area (Å²) in [7, 11) is 1.62. The molecule has 0 unspecified atom stereocenters. The molecule has 2 N–H and O–H groups in total. The summed E-state index contributed by atoms with van der Waals surface area (Å²) in [5, 5.41) is 3.38. The first-order chi connectivity index (χ1) is 12.2. The molecule has 0 bridgehead atoms. The van der Waals surface area contributed by atoms with E-state index >= 15 is 0 Å². The van der Waals surface area contributed by atoms with Gasteiger partial charge in [0.05, 0.1) is 18.6 Å². The lowest BCUT2D eigenvalue weighted by molar-refractivity contribution is -0.118. The second-order valence-corrected chi connectivity index (χ2v) is 6.88. The highest BCUT2D eigenvalue weighted by Gasteiger charge is 2.16. The summed E-state index contributed by atoms with van der Waals surface area (Å²) >= 11 is 1.26. The molecular formula is C18H21N3O3S. The van der Waals surface area contributed by atoms with Crippen LogP contribution in [0.2, 0.25) is 0 Å².